The van der Waals surface area contributed by atoms with Crippen LogP contribution in [-0.4, -0.2) is 76.4 Å². The highest BCUT2D eigenvalue weighted by molar-refractivity contribution is 6.33. The molecule has 0 aliphatic carbocycles. The van der Waals surface area contributed by atoms with Crippen molar-refractivity contribution < 1.29 is 4.74 Å². The van der Waals surface area contributed by atoms with E-state index in [1.54, 1.807) is 0 Å². The minimum Gasteiger partial charge on any atom is -0.379 e. The van der Waals surface area contributed by atoms with Crippen molar-refractivity contribution in [1.29, 1.82) is 0 Å². The van der Waals surface area contributed by atoms with E-state index in [0.717, 1.165) is 82.0 Å². The van der Waals surface area contributed by atoms with Crippen LogP contribution in [0.5, 0.6) is 0 Å². The molecule has 0 spiro atoms. The number of piperidine rings is 1. The zero-order valence-electron chi connectivity index (χ0n) is 17.2. The molecule has 0 saturated carbocycles. The Balaban J connectivity index is 1.45. The second kappa shape index (κ2) is 10.9. The Hall–Kier alpha value is -1.50. The van der Waals surface area contributed by atoms with Gasteiger partial charge in [-0.2, -0.15) is 0 Å². The third kappa shape index (κ3) is 6.26. The van der Waals surface area contributed by atoms with Crippen LogP contribution in [0.1, 0.15) is 19.8 Å². The lowest BCUT2D eigenvalue weighted by molar-refractivity contribution is 0.0320. The SMILES string of the molecule is CN=C(NCC(C)CN1CCOCC1)NC1CCCN(c2ccccc2Cl)C1. The molecule has 2 fully saturated rings. The molecule has 1 aromatic rings. The molecule has 6 nitrogen and oxygen atoms in total. The highest BCUT2D eigenvalue weighted by Crippen LogP contribution is 2.27. The average Bonchev–Trinajstić information content (AvgIpc) is 2.72. The molecule has 2 atom stereocenters. The molecule has 0 radical (unpaired) electrons. The molecule has 2 saturated heterocycles. The summed E-state index contributed by atoms with van der Waals surface area (Å²) in [5.41, 5.74) is 1.12. The fourth-order valence-electron chi connectivity index (χ4n) is 3.97. The highest BCUT2D eigenvalue weighted by Gasteiger charge is 2.22. The Morgan fingerprint density at radius 3 is 2.82 bits per heavy atom. The van der Waals surface area contributed by atoms with Crippen molar-refractivity contribution in [2.75, 3.05) is 64.4 Å². The first-order valence-corrected chi connectivity index (χ1v) is 10.8. The Kier molecular flexibility index (Phi) is 8.25. The van der Waals surface area contributed by atoms with Crippen LogP contribution in [0.15, 0.2) is 29.3 Å². The van der Waals surface area contributed by atoms with Gasteiger partial charge in [0.05, 0.1) is 23.9 Å². The molecular weight excluding hydrogens is 374 g/mol. The topological polar surface area (TPSA) is 52.1 Å². The lowest BCUT2D eigenvalue weighted by Crippen LogP contribution is -2.52. The fraction of sp³-hybridized carbons (Fsp3) is 0.667. The number of guanidine groups is 1. The fourth-order valence-corrected chi connectivity index (χ4v) is 4.23. The minimum atomic E-state index is 0.366. The minimum absolute atomic E-state index is 0.366. The normalized spacial score (nSPS) is 22.8. The quantitative estimate of drug-likeness (QED) is 0.560. The summed E-state index contributed by atoms with van der Waals surface area (Å²) in [5, 5.41) is 7.93. The summed E-state index contributed by atoms with van der Waals surface area (Å²) >= 11 is 6.39. The van der Waals surface area contributed by atoms with Gasteiger partial charge in [0.2, 0.25) is 0 Å². The number of anilines is 1. The van der Waals surface area contributed by atoms with Crippen molar-refractivity contribution in [1.82, 2.24) is 15.5 Å². The lowest BCUT2D eigenvalue weighted by atomic mass is 10.0. The number of hydrogen-bond donors (Lipinski definition) is 2. The summed E-state index contributed by atoms with van der Waals surface area (Å²) in [4.78, 5) is 9.29. The molecule has 1 aromatic carbocycles. The number of rotatable bonds is 6. The van der Waals surface area contributed by atoms with E-state index in [-0.39, 0.29) is 0 Å². The number of aliphatic imine (C=N–C) groups is 1. The maximum Gasteiger partial charge on any atom is 0.191 e. The number of halogens is 1. The van der Waals surface area contributed by atoms with Crippen LogP contribution in [-0.2, 0) is 4.74 Å². The second-order valence-electron chi connectivity index (χ2n) is 7.85. The molecule has 0 aromatic heterocycles. The van der Waals surface area contributed by atoms with Crippen LogP contribution in [0.2, 0.25) is 5.02 Å². The third-order valence-corrected chi connectivity index (χ3v) is 5.79. The van der Waals surface area contributed by atoms with Gasteiger partial charge in [-0.1, -0.05) is 30.7 Å². The van der Waals surface area contributed by atoms with Gasteiger partial charge in [-0.05, 0) is 30.9 Å². The zero-order chi connectivity index (χ0) is 19.8. The summed E-state index contributed by atoms with van der Waals surface area (Å²) < 4.78 is 5.43. The second-order valence-corrected chi connectivity index (χ2v) is 8.26. The van der Waals surface area contributed by atoms with Gasteiger partial charge in [-0.25, -0.2) is 0 Å². The summed E-state index contributed by atoms with van der Waals surface area (Å²) in [6, 6.07) is 8.46. The molecule has 2 aliphatic rings. The van der Waals surface area contributed by atoms with Gasteiger partial charge >= 0.3 is 0 Å². The number of benzene rings is 1. The molecule has 0 bridgehead atoms. The molecule has 28 heavy (non-hydrogen) atoms. The predicted octanol–water partition coefficient (Wildman–Crippen LogP) is 2.44. The Morgan fingerprint density at radius 2 is 2.07 bits per heavy atom. The summed E-state index contributed by atoms with van der Waals surface area (Å²) in [7, 11) is 1.84. The summed E-state index contributed by atoms with van der Waals surface area (Å²) in [6.07, 6.45) is 2.29. The first-order valence-electron chi connectivity index (χ1n) is 10.4. The van der Waals surface area contributed by atoms with Crippen molar-refractivity contribution >= 4 is 23.2 Å². The molecular formula is C21H34ClN5O. The van der Waals surface area contributed by atoms with Gasteiger partial charge in [0.15, 0.2) is 5.96 Å². The van der Waals surface area contributed by atoms with Gasteiger partial charge < -0.3 is 20.3 Å². The van der Waals surface area contributed by atoms with Gasteiger partial charge in [-0.15, -0.1) is 0 Å². The van der Waals surface area contributed by atoms with Crippen LogP contribution in [0.4, 0.5) is 5.69 Å². The van der Waals surface area contributed by atoms with Crippen molar-refractivity contribution in [3.63, 3.8) is 0 Å². The maximum absolute atomic E-state index is 6.39. The monoisotopic (exact) mass is 407 g/mol. The van der Waals surface area contributed by atoms with Gasteiger partial charge in [0.25, 0.3) is 0 Å². The van der Waals surface area contributed by atoms with E-state index < -0.39 is 0 Å². The molecule has 0 amide bonds. The highest BCUT2D eigenvalue weighted by atomic mass is 35.5. The number of morpholine rings is 1. The van der Waals surface area contributed by atoms with E-state index >= 15 is 0 Å². The van der Waals surface area contributed by atoms with Crippen LogP contribution < -0.4 is 15.5 Å². The summed E-state index contributed by atoms with van der Waals surface area (Å²) in [6.45, 7) is 10.1. The Labute approximate surface area is 174 Å². The Morgan fingerprint density at radius 1 is 1.29 bits per heavy atom. The molecule has 156 valence electrons. The van der Waals surface area contributed by atoms with Crippen LogP contribution in [0.25, 0.3) is 0 Å². The number of nitrogens with zero attached hydrogens (tertiary/aromatic N) is 3. The molecule has 2 heterocycles. The van der Waals surface area contributed by atoms with E-state index in [0.29, 0.717) is 12.0 Å². The smallest absolute Gasteiger partial charge is 0.191 e. The van der Waals surface area contributed by atoms with E-state index in [1.807, 2.05) is 19.2 Å². The van der Waals surface area contributed by atoms with Crippen LogP contribution in [0, 0.1) is 5.92 Å². The summed E-state index contributed by atoms with van der Waals surface area (Å²) in [5.74, 6) is 1.45. The third-order valence-electron chi connectivity index (χ3n) is 5.47. The van der Waals surface area contributed by atoms with Crippen molar-refractivity contribution in [3.05, 3.63) is 29.3 Å². The first kappa shape index (κ1) is 21.2. The van der Waals surface area contributed by atoms with Gasteiger partial charge in [0.1, 0.15) is 0 Å². The van der Waals surface area contributed by atoms with Crippen molar-refractivity contribution in [2.45, 2.75) is 25.8 Å². The van der Waals surface area contributed by atoms with Gasteiger partial charge in [0, 0.05) is 52.4 Å². The van der Waals surface area contributed by atoms with E-state index in [9.17, 15) is 0 Å². The molecule has 2 aliphatic heterocycles. The lowest BCUT2D eigenvalue weighted by Gasteiger charge is -2.36. The molecule has 3 rings (SSSR count). The van der Waals surface area contributed by atoms with E-state index in [1.165, 1.54) is 0 Å². The van der Waals surface area contributed by atoms with E-state index in [4.69, 9.17) is 16.3 Å². The maximum atomic E-state index is 6.39. The zero-order valence-corrected chi connectivity index (χ0v) is 17.9. The molecule has 7 heteroatoms. The van der Waals surface area contributed by atoms with Crippen molar-refractivity contribution in [2.24, 2.45) is 10.9 Å². The molecule has 2 unspecified atom stereocenters. The van der Waals surface area contributed by atoms with Gasteiger partial charge in [-0.3, -0.25) is 9.89 Å². The number of ether oxygens (including phenoxy) is 1. The first-order chi connectivity index (χ1) is 13.7. The van der Waals surface area contributed by atoms with Crippen LogP contribution >= 0.6 is 11.6 Å². The molecule has 2 N–H and O–H groups in total. The average molecular weight is 408 g/mol. The van der Waals surface area contributed by atoms with E-state index in [2.05, 4.69) is 44.5 Å². The van der Waals surface area contributed by atoms with Crippen molar-refractivity contribution in [3.8, 4) is 0 Å². The number of nitrogens with one attached hydrogen (secondary N) is 2. The number of hydrogen-bond acceptors (Lipinski definition) is 4. The standard InChI is InChI=1S/C21H34ClN5O/c1-17(15-26-10-12-28-13-11-26)14-24-21(23-2)25-18-6-5-9-27(16-18)20-8-4-3-7-19(20)22/h3-4,7-8,17-18H,5-6,9-16H2,1-2H3,(H2,23,24,25). The number of para-hydroxylation sites is 1. The largest absolute Gasteiger partial charge is 0.379 e. The Bertz CT molecular complexity index is 635. The van der Waals surface area contributed by atoms with Crippen LogP contribution in [0.3, 0.4) is 0 Å². The predicted molar refractivity (Wildman–Crippen MR) is 118 cm³/mol.